The predicted octanol–water partition coefficient (Wildman–Crippen LogP) is 6.21. The van der Waals surface area contributed by atoms with Crippen molar-refractivity contribution in [1.82, 2.24) is 15.0 Å². The fourth-order valence-corrected chi connectivity index (χ4v) is 5.30. The van der Waals surface area contributed by atoms with Crippen LogP contribution in [0.15, 0.2) is 78.9 Å². The molecular weight excluding hydrogens is 524 g/mol. The number of carbonyl (C=O) groups excluding carboxylic acids is 1. The van der Waals surface area contributed by atoms with Crippen LogP contribution < -0.4 is 5.32 Å². The highest BCUT2D eigenvalue weighted by Gasteiger charge is 2.13. The molecule has 0 atom stereocenters. The molecular formula is C31H28N4O4S. The number of ether oxygens (including phenoxy) is 1. The Kier molecular flexibility index (Phi) is 8.41. The lowest BCUT2D eigenvalue weighted by Gasteiger charge is -2.10. The van der Waals surface area contributed by atoms with Crippen LogP contribution in [-0.4, -0.2) is 38.6 Å². The zero-order chi connectivity index (χ0) is 27.9. The van der Waals surface area contributed by atoms with Crippen LogP contribution in [0.25, 0.3) is 10.2 Å². The Morgan fingerprint density at radius 2 is 1.62 bits per heavy atom. The topological polar surface area (TPSA) is 114 Å². The molecule has 0 bridgehead atoms. The second-order valence-electron chi connectivity index (χ2n) is 9.24. The number of hydrogen-bond donors (Lipinski definition) is 2. The number of fused-ring (bicyclic) bond motifs is 1. The maximum absolute atomic E-state index is 12.2. The van der Waals surface area contributed by atoms with Crippen molar-refractivity contribution >= 4 is 45.1 Å². The number of carbonyl (C=O) groups is 2. The van der Waals surface area contributed by atoms with Gasteiger partial charge in [0.05, 0.1) is 38.8 Å². The van der Waals surface area contributed by atoms with Gasteiger partial charge in [-0.05, 0) is 60.9 Å². The molecule has 0 amide bonds. The lowest BCUT2D eigenvalue weighted by Crippen LogP contribution is -2.05. The van der Waals surface area contributed by atoms with E-state index in [0.717, 1.165) is 43.4 Å². The van der Waals surface area contributed by atoms with Gasteiger partial charge in [-0.15, -0.1) is 11.3 Å². The third kappa shape index (κ3) is 7.06. The number of carboxylic acid groups (broad SMARTS) is 1. The molecule has 0 fully saturated rings. The number of nitrogens with zero attached hydrogens (tertiary/aromatic N) is 3. The van der Waals surface area contributed by atoms with Crippen LogP contribution in [0.5, 0.6) is 0 Å². The van der Waals surface area contributed by atoms with Gasteiger partial charge in [0.1, 0.15) is 0 Å². The molecule has 5 rings (SSSR count). The summed E-state index contributed by atoms with van der Waals surface area (Å²) in [4.78, 5) is 37.3. The molecule has 0 unspecified atom stereocenters. The Hall–Kier alpha value is -4.63. The highest BCUT2D eigenvalue weighted by atomic mass is 32.1. The first-order valence-corrected chi connectivity index (χ1v) is 13.8. The minimum absolute atomic E-state index is 0.0939. The van der Waals surface area contributed by atoms with Gasteiger partial charge >= 0.3 is 11.9 Å². The van der Waals surface area contributed by atoms with Crippen molar-refractivity contribution in [2.24, 2.45) is 0 Å². The van der Waals surface area contributed by atoms with Gasteiger partial charge in [-0.3, -0.25) is 4.79 Å². The summed E-state index contributed by atoms with van der Waals surface area (Å²) in [7, 11) is 0. The summed E-state index contributed by atoms with van der Waals surface area (Å²) in [6.07, 6.45) is 1.74. The molecule has 0 aliphatic heterocycles. The summed E-state index contributed by atoms with van der Waals surface area (Å²) in [5.74, 6) is -0.676. The van der Waals surface area contributed by atoms with E-state index in [2.05, 4.69) is 17.4 Å². The first-order chi connectivity index (χ1) is 19.4. The van der Waals surface area contributed by atoms with Crippen molar-refractivity contribution in [1.29, 1.82) is 0 Å². The molecule has 9 heteroatoms. The molecule has 0 aliphatic rings. The van der Waals surface area contributed by atoms with Gasteiger partial charge in [0.25, 0.3) is 0 Å². The normalized spacial score (nSPS) is 10.9. The van der Waals surface area contributed by atoms with Gasteiger partial charge in [0.15, 0.2) is 0 Å². The summed E-state index contributed by atoms with van der Waals surface area (Å²) in [5.41, 5.74) is 5.95. The highest BCUT2D eigenvalue weighted by Crippen LogP contribution is 2.26. The second kappa shape index (κ2) is 12.5. The molecule has 2 aromatic heterocycles. The first kappa shape index (κ1) is 27.0. The number of esters is 1. The van der Waals surface area contributed by atoms with Crippen molar-refractivity contribution < 1.29 is 19.4 Å². The number of rotatable bonds is 11. The van der Waals surface area contributed by atoms with Crippen molar-refractivity contribution in [2.75, 3.05) is 11.9 Å². The van der Waals surface area contributed by atoms with Crippen LogP contribution in [0.3, 0.4) is 0 Å². The Morgan fingerprint density at radius 1 is 0.875 bits per heavy atom. The zero-order valence-electron chi connectivity index (χ0n) is 22.0. The van der Waals surface area contributed by atoms with E-state index in [-0.39, 0.29) is 12.4 Å². The fourth-order valence-electron chi connectivity index (χ4n) is 4.28. The minimum atomic E-state index is -0.814. The first-order valence-electron chi connectivity index (χ1n) is 13.0. The highest BCUT2D eigenvalue weighted by molar-refractivity contribution is 7.18. The molecule has 2 heterocycles. The molecule has 202 valence electrons. The maximum atomic E-state index is 12.2. The number of benzene rings is 3. The van der Waals surface area contributed by atoms with Gasteiger partial charge in [0, 0.05) is 24.9 Å². The van der Waals surface area contributed by atoms with Gasteiger partial charge in [0.2, 0.25) is 5.95 Å². The van der Waals surface area contributed by atoms with Crippen LogP contribution in [0.4, 0.5) is 11.6 Å². The average Bonchev–Trinajstić information content (AvgIpc) is 3.34. The average molecular weight is 553 g/mol. The molecule has 5 aromatic rings. The second-order valence-corrected chi connectivity index (χ2v) is 10.4. The fraction of sp³-hybridized carbons (Fsp3) is 0.194. The molecule has 0 saturated heterocycles. The number of anilines is 2. The summed E-state index contributed by atoms with van der Waals surface area (Å²) in [6.45, 7) is 2.12. The third-order valence-corrected chi connectivity index (χ3v) is 7.19. The summed E-state index contributed by atoms with van der Waals surface area (Å²) in [5, 5.41) is 13.1. The van der Waals surface area contributed by atoms with Gasteiger partial charge < -0.3 is 15.2 Å². The number of nitrogens with one attached hydrogen (secondary N) is 1. The molecule has 0 aliphatic carbocycles. The Balaban J connectivity index is 1.40. The van der Waals surface area contributed by atoms with Gasteiger partial charge in [-0.1, -0.05) is 42.5 Å². The van der Waals surface area contributed by atoms with E-state index in [1.165, 1.54) is 11.3 Å². The Labute approximate surface area is 235 Å². The van der Waals surface area contributed by atoms with Crippen molar-refractivity contribution in [3.8, 4) is 0 Å². The van der Waals surface area contributed by atoms with E-state index in [1.807, 2.05) is 60.7 Å². The summed E-state index contributed by atoms with van der Waals surface area (Å²) in [6, 6.07) is 25.2. The van der Waals surface area contributed by atoms with Crippen LogP contribution in [0.1, 0.15) is 51.2 Å². The lowest BCUT2D eigenvalue weighted by molar-refractivity contribution is -0.136. The molecule has 8 nitrogen and oxygen atoms in total. The van der Waals surface area contributed by atoms with E-state index in [4.69, 9.17) is 24.8 Å². The molecule has 2 N–H and O–H groups in total. The Bertz CT molecular complexity index is 1640. The summed E-state index contributed by atoms with van der Waals surface area (Å²) >= 11 is 1.53. The van der Waals surface area contributed by atoms with E-state index in [0.29, 0.717) is 37.4 Å². The van der Waals surface area contributed by atoms with Gasteiger partial charge in [-0.25, -0.2) is 19.7 Å². The van der Waals surface area contributed by atoms with E-state index >= 15 is 0 Å². The molecule has 0 radical (unpaired) electrons. The maximum Gasteiger partial charge on any atom is 0.338 e. The third-order valence-electron chi connectivity index (χ3n) is 6.17. The zero-order valence-corrected chi connectivity index (χ0v) is 22.8. The standard InChI is InChI=1S/C31H28N4O4S/c1-2-39-30(38)22-11-14-26-27(17-22)40-28(35-26)19-25-18-24(16-21-6-4-3-5-7-21)33-31(34-25)32-23-12-8-20(9-13-23)10-15-29(36)37/h3-9,11-14,17-18H,2,10,15-16,19H2,1H3,(H,36,37)(H,32,33,34). The van der Waals surface area contributed by atoms with E-state index in [1.54, 1.807) is 13.0 Å². The van der Waals surface area contributed by atoms with Crippen molar-refractivity contribution in [2.45, 2.75) is 32.6 Å². The van der Waals surface area contributed by atoms with Gasteiger partial charge in [-0.2, -0.15) is 0 Å². The summed E-state index contributed by atoms with van der Waals surface area (Å²) < 4.78 is 6.05. The van der Waals surface area contributed by atoms with Crippen LogP contribution in [0, 0.1) is 0 Å². The van der Waals surface area contributed by atoms with E-state index < -0.39 is 5.97 Å². The molecule has 40 heavy (non-hydrogen) atoms. The predicted molar refractivity (Wildman–Crippen MR) is 155 cm³/mol. The number of carboxylic acids is 1. The number of aryl methyl sites for hydroxylation is 1. The number of hydrogen-bond acceptors (Lipinski definition) is 8. The number of aromatic nitrogens is 3. The van der Waals surface area contributed by atoms with Crippen molar-refractivity contribution in [3.63, 3.8) is 0 Å². The SMILES string of the molecule is CCOC(=O)c1ccc2nc(Cc3cc(Cc4ccccc4)nc(Nc4ccc(CCC(=O)O)cc4)n3)sc2c1. The monoisotopic (exact) mass is 552 g/mol. The van der Waals surface area contributed by atoms with E-state index in [9.17, 15) is 9.59 Å². The smallest absolute Gasteiger partial charge is 0.338 e. The van der Waals surface area contributed by atoms with Crippen LogP contribution in [0.2, 0.25) is 0 Å². The quantitative estimate of drug-likeness (QED) is 0.186. The largest absolute Gasteiger partial charge is 0.481 e. The van der Waals surface area contributed by atoms with Crippen molar-refractivity contribution in [3.05, 3.63) is 112 Å². The minimum Gasteiger partial charge on any atom is -0.481 e. The number of aliphatic carboxylic acids is 1. The molecule has 0 spiro atoms. The molecule has 3 aromatic carbocycles. The van der Waals surface area contributed by atoms with Crippen LogP contribution in [-0.2, 0) is 28.8 Å². The lowest BCUT2D eigenvalue weighted by atomic mass is 10.1. The molecule has 0 saturated carbocycles. The Morgan fingerprint density at radius 3 is 2.35 bits per heavy atom. The van der Waals surface area contributed by atoms with Crippen LogP contribution >= 0.6 is 11.3 Å². The number of thiazole rings is 1.